The highest BCUT2D eigenvalue weighted by Crippen LogP contribution is 2.39. The van der Waals surface area contributed by atoms with Crippen molar-refractivity contribution in [2.45, 2.75) is 16.2 Å². The summed E-state index contributed by atoms with van der Waals surface area (Å²) in [4.78, 5) is 11.7. The van der Waals surface area contributed by atoms with Gasteiger partial charge in [-0.15, -0.1) is 23.5 Å². The van der Waals surface area contributed by atoms with Crippen molar-refractivity contribution in [2.75, 3.05) is 18.6 Å². The standard InChI is InChI=1S/C18H20O4S2/c1-22-14-8-5-9-15(10-14)24-18(13-6-3-2-4-7-13)16(19)11-23-12-17(20)21/h2-10,16,18-19H,11-12H2,1H3,(H,20,21)/t16-,18+/m0/s1. The summed E-state index contributed by atoms with van der Waals surface area (Å²) >= 11 is 2.77. The number of ether oxygens (including phenoxy) is 1. The average Bonchev–Trinajstić information content (AvgIpc) is 2.60. The maximum absolute atomic E-state index is 10.7. The van der Waals surface area contributed by atoms with Gasteiger partial charge in [-0.3, -0.25) is 4.79 Å². The Kier molecular flexibility index (Phi) is 7.49. The average molecular weight is 364 g/mol. The van der Waals surface area contributed by atoms with E-state index in [0.717, 1.165) is 16.2 Å². The van der Waals surface area contributed by atoms with Crippen LogP contribution in [0.15, 0.2) is 59.5 Å². The quantitative estimate of drug-likeness (QED) is 0.661. The molecule has 0 amide bonds. The minimum Gasteiger partial charge on any atom is -0.497 e. The summed E-state index contributed by atoms with van der Waals surface area (Å²) in [6, 6.07) is 17.4. The molecule has 0 radical (unpaired) electrons. The Morgan fingerprint density at radius 2 is 1.92 bits per heavy atom. The van der Waals surface area contributed by atoms with Crippen LogP contribution in [0.3, 0.4) is 0 Å². The Hall–Kier alpha value is -1.63. The summed E-state index contributed by atoms with van der Waals surface area (Å²) in [7, 11) is 1.62. The molecule has 0 aliphatic carbocycles. The molecule has 2 atom stereocenters. The number of carbonyl (C=O) groups is 1. The number of carboxylic acid groups (broad SMARTS) is 1. The predicted octanol–water partition coefficient (Wildman–Crippen LogP) is 3.71. The molecule has 0 aliphatic heterocycles. The number of methoxy groups -OCH3 is 1. The number of aliphatic hydroxyl groups excluding tert-OH is 1. The van der Waals surface area contributed by atoms with Gasteiger partial charge in [0, 0.05) is 10.6 Å². The second-order valence-electron chi connectivity index (χ2n) is 5.10. The maximum atomic E-state index is 10.7. The van der Waals surface area contributed by atoms with E-state index in [0.29, 0.717) is 5.75 Å². The molecule has 0 saturated heterocycles. The van der Waals surface area contributed by atoms with E-state index in [1.807, 2.05) is 54.6 Å². The van der Waals surface area contributed by atoms with Crippen LogP contribution in [0.1, 0.15) is 10.8 Å². The Balaban J connectivity index is 2.14. The van der Waals surface area contributed by atoms with Gasteiger partial charge in [-0.05, 0) is 23.8 Å². The van der Waals surface area contributed by atoms with Gasteiger partial charge in [0.15, 0.2) is 0 Å². The molecule has 2 aromatic carbocycles. The largest absolute Gasteiger partial charge is 0.497 e. The molecule has 24 heavy (non-hydrogen) atoms. The second-order valence-corrected chi connectivity index (χ2v) is 7.35. The molecule has 0 saturated carbocycles. The molecule has 2 rings (SSSR count). The van der Waals surface area contributed by atoms with Gasteiger partial charge in [0.25, 0.3) is 0 Å². The van der Waals surface area contributed by atoms with Gasteiger partial charge < -0.3 is 14.9 Å². The van der Waals surface area contributed by atoms with E-state index in [1.54, 1.807) is 18.9 Å². The van der Waals surface area contributed by atoms with Crippen LogP contribution in [0, 0.1) is 0 Å². The highest BCUT2D eigenvalue weighted by molar-refractivity contribution is 8.00. The van der Waals surface area contributed by atoms with Crippen LogP contribution in [0.25, 0.3) is 0 Å². The van der Waals surface area contributed by atoms with Gasteiger partial charge in [-0.1, -0.05) is 36.4 Å². The zero-order valence-electron chi connectivity index (χ0n) is 13.3. The van der Waals surface area contributed by atoms with Crippen LogP contribution < -0.4 is 4.74 Å². The SMILES string of the molecule is COc1cccc(S[C@H](c2ccccc2)[C@@H](O)CSCC(=O)O)c1. The fourth-order valence-electron chi connectivity index (χ4n) is 2.19. The first-order valence-corrected chi connectivity index (χ1v) is 9.47. The molecule has 128 valence electrons. The second kappa shape index (κ2) is 9.61. The minimum atomic E-state index is -0.871. The number of benzene rings is 2. The van der Waals surface area contributed by atoms with Gasteiger partial charge in [-0.25, -0.2) is 0 Å². The molecular weight excluding hydrogens is 344 g/mol. The fourth-order valence-corrected chi connectivity index (χ4v) is 4.22. The number of thioether (sulfide) groups is 2. The van der Waals surface area contributed by atoms with Crippen molar-refractivity contribution in [3.8, 4) is 5.75 Å². The van der Waals surface area contributed by atoms with Gasteiger partial charge >= 0.3 is 5.97 Å². The van der Waals surface area contributed by atoms with Crippen LogP contribution in [0.2, 0.25) is 0 Å². The van der Waals surface area contributed by atoms with Crippen LogP contribution in [0.4, 0.5) is 0 Å². The molecule has 2 N–H and O–H groups in total. The molecule has 4 nitrogen and oxygen atoms in total. The third kappa shape index (κ3) is 5.78. The number of aliphatic hydroxyl groups is 1. The lowest BCUT2D eigenvalue weighted by Gasteiger charge is -2.23. The normalized spacial score (nSPS) is 13.2. The topological polar surface area (TPSA) is 66.8 Å². The first kappa shape index (κ1) is 18.7. The van der Waals surface area contributed by atoms with Crippen LogP contribution >= 0.6 is 23.5 Å². The molecule has 2 aromatic rings. The predicted molar refractivity (Wildman–Crippen MR) is 99.0 cm³/mol. The molecule has 0 bridgehead atoms. The Bertz CT molecular complexity index is 648. The van der Waals surface area contributed by atoms with Crippen molar-refractivity contribution < 1.29 is 19.7 Å². The van der Waals surface area contributed by atoms with Gasteiger partial charge in [0.1, 0.15) is 5.75 Å². The molecule has 0 spiro atoms. The number of carboxylic acids is 1. The maximum Gasteiger partial charge on any atom is 0.313 e. The first-order chi connectivity index (χ1) is 11.6. The third-order valence-electron chi connectivity index (χ3n) is 3.30. The molecule has 0 aromatic heterocycles. The van der Waals surface area contributed by atoms with Gasteiger partial charge in [0.2, 0.25) is 0 Å². The Labute approximate surface area is 150 Å². The summed E-state index contributed by atoms with van der Waals surface area (Å²) in [6.07, 6.45) is -0.659. The molecular formula is C18H20O4S2. The van der Waals surface area contributed by atoms with Crippen molar-refractivity contribution in [3.63, 3.8) is 0 Å². The molecule has 0 fully saturated rings. The molecule has 6 heteroatoms. The molecule has 0 unspecified atom stereocenters. The summed E-state index contributed by atoms with van der Waals surface area (Å²) in [6.45, 7) is 0. The first-order valence-electron chi connectivity index (χ1n) is 7.43. The van der Waals surface area contributed by atoms with Gasteiger partial charge in [0.05, 0.1) is 24.2 Å². The van der Waals surface area contributed by atoms with E-state index in [9.17, 15) is 9.90 Å². The van der Waals surface area contributed by atoms with E-state index in [4.69, 9.17) is 9.84 Å². The summed E-state index contributed by atoms with van der Waals surface area (Å²) < 4.78 is 5.25. The van der Waals surface area contributed by atoms with Crippen molar-refractivity contribution in [3.05, 3.63) is 60.2 Å². The number of rotatable bonds is 9. The number of hydrogen-bond acceptors (Lipinski definition) is 5. The minimum absolute atomic E-state index is 0.0115. The van der Waals surface area contributed by atoms with E-state index < -0.39 is 12.1 Å². The highest BCUT2D eigenvalue weighted by atomic mass is 32.2. The van der Waals surface area contributed by atoms with Gasteiger partial charge in [-0.2, -0.15) is 0 Å². The van der Waals surface area contributed by atoms with Crippen molar-refractivity contribution >= 4 is 29.5 Å². The number of aliphatic carboxylic acids is 1. The molecule has 0 aliphatic rings. The molecule has 0 heterocycles. The van der Waals surface area contributed by atoms with E-state index in [-0.39, 0.29) is 11.0 Å². The summed E-state index contributed by atoms with van der Waals surface area (Å²) in [5.41, 5.74) is 1.01. The van der Waals surface area contributed by atoms with Crippen molar-refractivity contribution in [1.29, 1.82) is 0 Å². The zero-order valence-corrected chi connectivity index (χ0v) is 14.9. The van der Waals surface area contributed by atoms with Crippen molar-refractivity contribution in [2.24, 2.45) is 0 Å². The Morgan fingerprint density at radius 1 is 1.17 bits per heavy atom. The summed E-state index contributed by atoms with van der Waals surface area (Å²) in [5, 5.41) is 19.2. The Morgan fingerprint density at radius 3 is 2.58 bits per heavy atom. The van der Waals surface area contributed by atoms with E-state index >= 15 is 0 Å². The highest BCUT2D eigenvalue weighted by Gasteiger charge is 2.23. The fraction of sp³-hybridized carbons (Fsp3) is 0.278. The smallest absolute Gasteiger partial charge is 0.313 e. The van der Waals surface area contributed by atoms with Crippen LogP contribution in [-0.4, -0.2) is 40.9 Å². The lowest BCUT2D eigenvalue weighted by atomic mass is 10.1. The van der Waals surface area contributed by atoms with Crippen LogP contribution in [-0.2, 0) is 4.79 Å². The van der Waals surface area contributed by atoms with Crippen LogP contribution in [0.5, 0.6) is 5.75 Å². The van der Waals surface area contributed by atoms with E-state index in [1.165, 1.54) is 11.8 Å². The monoisotopic (exact) mass is 364 g/mol. The van der Waals surface area contributed by atoms with Crippen molar-refractivity contribution in [1.82, 2.24) is 0 Å². The lowest BCUT2D eigenvalue weighted by molar-refractivity contribution is -0.133. The summed E-state index contributed by atoms with van der Waals surface area (Å²) in [5.74, 6) is 0.246. The zero-order chi connectivity index (χ0) is 17.4. The van der Waals surface area contributed by atoms with E-state index in [2.05, 4.69) is 0 Å². The third-order valence-corrected chi connectivity index (χ3v) is 5.69. The number of hydrogen-bond donors (Lipinski definition) is 2. The lowest BCUT2D eigenvalue weighted by Crippen LogP contribution is -2.19.